The van der Waals surface area contributed by atoms with Crippen LogP contribution in [0.2, 0.25) is 0 Å². The Morgan fingerprint density at radius 1 is 0.984 bits per heavy atom. The van der Waals surface area contributed by atoms with Crippen molar-refractivity contribution in [1.29, 1.82) is 0 Å². The molecule has 3 saturated heterocycles. The van der Waals surface area contributed by atoms with E-state index < -0.39 is 47.6 Å². The lowest BCUT2D eigenvalue weighted by Crippen LogP contribution is -2.56. The van der Waals surface area contributed by atoms with Crippen LogP contribution in [0.1, 0.15) is 90.9 Å². The van der Waals surface area contributed by atoms with Crippen LogP contribution in [-0.2, 0) is 23.9 Å². The highest BCUT2D eigenvalue weighted by molar-refractivity contribution is 7.14. The summed E-state index contributed by atoms with van der Waals surface area (Å²) in [6.45, 7) is 8.58. The van der Waals surface area contributed by atoms with Gasteiger partial charge in [-0.05, 0) is 82.3 Å². The predicted molar refractivity (Wildman–Crippen MR) is 236 cm³/mol. The number of nitrogens with zero attached hydrogens (tertiary/aromatic N) is 4. The van der Waals surface area contributed by atoms with Gasteiger partial charge in [0.15, 0.2) is 5.13 Å². The summed E-state index contributed by atoms with van der Waals surface area (Å²) in [5.74, 6) is 0.225. The number of pyridine rings is 1. The van der Waals surface area contributed by atoms with Gasteiger partial charge in [0.05, 0.1) is 31.0 Å². The van der Waals surface area contributed by atoms with Crippen molar-refractivity contribution in [2.24, 2.45) is 17.8 Å². The summed E-state index contributed by atoms with van der Waals surface area (Å²) in [4.78, 5) is 68.9. The minimum Gasteiger partial charge on any atom is -0.492 e. The Morgan fingerprint density at radius 3 is 2.54 bits per heavy atom. The van der Waals surface area contributed by atoms with Crippen molar-refractivity contribution >= 4 is 51.2 Å². The van der Waals surface area contributed by atoms with Gasteiger partial charge < -0.3 is 44.9 Å². The van der Waals surface area contributed by atoms with Crippen molar-refractivity contribution in [3.05, 3.63) is 29.6 Å². The fourth-order valence-electron chi connectivity index (χ4n) is 10.1. The second kappa shape index (κ2) is 18.8. The highest BCUT2D eigenvalue weighted by Gasteiger charge is 2.62. The van der Waals surface area contributed by atoms with Gasteiger partial charge >= 0.3 is 12.1 Å². The molecule has 3 aromatic rings. The number of aromatic nitrogens is 2. The number of anilines is 1. The smallest absolute Gasteiger partial charge is 0.408 e. The molecule has 0 bridgehead atoms. The number of fused-ring (bicyclic) bond motifs is 4. The first-order valence-electron chi connectivity index (χ1n) is 23.1. The summed E-state index contributed by atoms with van der Waals surface area (Å²) in [6.07, 6.45) is 7.29. The second-order valence-electron chi connectivity index (χ2n) is 18.8. The number of carboxylic acid groups (broad SMARTS) is 1. The molecule has 3 saturated carbocycles. The van der Waals surface area contributed by atoms with Gasteiger partial charge in [0.2, 0.25) is 11.8 Å². The number of alkyl carbamates (subject to hydrolysis) is 1. The predicted octanol–water partition coefficient (Wildman–Crippen LogP) is 5.84. The monoisotopic (exact) mass is 887 g/mol. The molecule has 63 heavy (non-hydrogen) atoms. The SMILES string of the molecule is CC(C)Nc1nc(-c2cc(O[C@@H]3C[C@H]4C(=O)N[C@]5(C(=O)O)C[C@H]5CCCCCCC[C@H](NC(=O)O[C@@H]5CC6C[C@@H]6C5)C(=O)N4C3)c3ccc(OCCN4CCOCC4)cc3n2)cs1. The molecule has 8 atom stereocenters. The van der Waals surface area contributed by atoms with Crippen LogP contribution in [-0.4, -0.2) is 131 Å². The highest BCUT2D eigenvalue weighted by Crippen LogP contribution is 2.52. The Kier molecular flexibility index (Phi) is 13.0. The van der Waals surface area contributed by atoms with Gasteiger partial charge in [0, 0.05) is 55.0 Å². The van der Waals surface area contributed by atoms with E-state index in [9.17, 15) is 24.3 Å². The fourth-order valence-corrected chi connectivity index (χ4v) is 11.0. The zero-order valence-electron chi connectivity index (χ0n) is 36.4. The molecule has 0 spiro atoms. The Morgan fingerprint density at radius 2 is 1.76 bits per heavy atom. The Hall–Kier alpha value is -4.74. The van der Waals surface area contributed by atoms with Crippen LogP contribution in [0.25, 0.3) is 22.3 Å². The van der Waals surface area contributed by atoms with E-state index in [1.165, 1.54) is 22.7 Å². The highest BCUT2D eigenvalue weighted by atomic mass is 32.1. The lowest BCUT2D eigenvalue weighted by molar-refractivity contribution is -0.146. The van der Waals surface area contributed by atoms with Gasteiger partial charge in [-0.2, -0.15) is 0 Å². The van der Waals surface area contributed by atoms with Gasteiger partial charge in [0.1, 0.15) is 53.6 Å². The van der Waals surface area contributed by atoms with Gasteiger partial charge in [-0.15, -0.1) is 11.3 Å². The minimum atomic E-state index is -1.37. The lowest BCUT2D eigenvalue weighted by Gasteiger charge is -2.29. The summed E-state index contributed by atoms with van der Waals surface area (Å²) < 4.78 is 24.4. The molecular weight excluding hydrogens is 827 g/mol. The van der Waals surface area contributed by atoms with Crippen LogP contribution in [0.4, 0.5) is 9.93 Å². The first kappa shape index (κ1) is 43.5. The van der Waals surface area contributed by atoms with E-state index in [2.05, 4.69) is 34.7 Å². The number of benzene rings is 1. The van der Waals surface area contributed by atoms with Crippen LogP contribution < -0.4 is 25.4 Å². The summed E-state index contributed by atoms with van der Waals surface area (Å²) in [5, 5.41) is 23.0. The van der Waals surface area contributed by atoms with Crippen molar-refractivity contribution in [3.63, 3.8) is 0 Å². The third-order valence-corrected chi connectivity index (χ3v) is 14.6. The fraction of sp³-hybridized carbons (Fsp3) is 0.652. The number of thiazole rings is 1. The molecule has 6 fully saturated rings. The quantitative estimate of drug-likeness (QED) is 0.170. The number of carbonyl (C=O) groups excluding carboxylic acids is 3. The average molecular weight is 888 g/mol. The van der Waals surface area contributed by atoms with Crippen LogP contribution in [0.5, 0.6) is 11.5 Å². The molecule has 6 aliphatic rings. The molecule has 3 aliphatic heterocycles. The van der Waals surface area contributed by atoms with E-state index >= 15 is 0 Å². The third kappa shape index (κ3) is 10.1. The van der Waals surface area contributed by atoms with E-state index in [1.54, 1.807) is 0 Å². The van der Waals surface area contributed by atoms with E-state index in [-0.39, 0.29) is 31.0 Å². The molecule has 16 nitrogen and oxygen atoms in total. The van der Waals surface area contributed by atoms with Crippen molar-refractivity contribution in [3.8, 4) is 22.9 Å². The Labute approximate surface area is 372 Å². The molecule has 1 aromatic carbocycles. The van der Waals surface area contributed by atoms with Crippen LogP contribution in [0, 0.1) is 17.8 Å². The molecule has 3 amide bonds. The first-order valence-corrected chi connectivity index (χ1v) is 24.0. The standard InChI is InChI=1S/C46H61N7O9S/c1-27(2)47-44-49-38(26-63-44)37-23-40(34-11-10-31(21-36(34)48-37)60-17-14-52-12-15-59-16-13-52)61-33-22-39-41(54)51-46(43(56)57)24-30(46)8-6-4-3-5-7-9-35(42(55)53(39)25-33)50-45(58)62-32-19-28-18-29(28)20-32/h10-11,21,23,26-30,32-33,35,39H,3-9,12-20,22,24-25H2,1-2H3,(H,47,49)(H,50,58)(H,51,54)(H,56,57)/t28-,29?,30-,32+,33-,35+,39+,46-/m1/s1. The van der Waals surface area contributed by atoms with Gasteiger partial charge in [0.25, 0.3) is 0 Å². The third-order valence-electron chi connectivity index (χ3n) is 13.8. The number of morpholine rings is 1. The number of amides is 3. The van der Waals surface area contributed by atoms with Crippen LogP contribution in [0.3, 0.4) is 0 Å². The largest absolute Gasteiger partial charge is 0.492 e. The Balaban J connectivity index is 0.993. The first-order chi connectivity index (χ1) is 30.5. The summed E-state index contributed by atoms with van der Waals surface area (Å²) in [5.41, 5.74) is 0.507. The second-order valence-corrected chi connectivity index (χ2v) is 19.6. The topological polar surface area (TPSA) is 194 Å². The van der Waals surface area contributed by atoms with Crippen molar-refractivity contribution in [2.75, 3.05) is 51.3 Å². The van der Waals surface area contributed by atoms with Crippen LogP contribution >= 0.6 is 11.3 Å². The molecule has 9 rings (SSSR count). The number of hydrogen-bond acceptors (Lipinski definition) is 13. The molecule has 5 heterocycles. The number of carbonyl (C=O) groups is 4. The van der Waals surface area contributed by atoms with Gasteiger partial charge in [-0.3, -0.25) is 14.5 Å². The van der Waals surface area contributed by atoms with E-state index in [0.717, 1.165) is 63.3 Å². The molecule has 340 valence electrons. The number of ether oxygens (including phenoxy) is 4. The molecule has 4 N–H and O–H groups in total. The normalized spacial score (nSPS) is 30.0. The number of aliphatic carboxylic acids is 1. The molecule has 17 heteroatoms. The summed E-state index contributed by atoms with van der Waals surface area (Å²) >= 11 is 1.48. The maximum atomic E-state index is 14.8. The van der Waals surface area contributed by atoms with E-state index in [4.69, 9.17) is 28.9 Å². The van der Waals surface area contributed by atoms with Gasteiger partial charge in [-0.25, -0.2) is 19.6 Å². The maximum absolute atomic E-state index is 14.8. The van der Waals surface area contributed by atoms with Crippen LogP contribution in [0.15, 0.2) is 29.6 Å². The Bertz CT molecular complexity index is 2150. The zero-order chi connectivity index (χ0) is 43.7. The minimum absolute atomic E-state index is 0.0423. The molecule has 3 aliphatic carbocycles. The van der Waals surface area contributed by atoms with Crippen molar-refractivity contribution in [2.45, 2.75) is 127 Å². The van der Waals surface area contributed by atoms with Crippen molar-refractivity contribution < 1.29 is 43.2 Å². The van der Waals surface area contributed by atoms with Crippen molar-refractivity contribution in [1.82, 2.24) is 30.4 Å². The number of carboxylic acids is 1. The lowest BCUT2D eigenvalue weighted by atomic mass is 10.0. The van der Waals surface area contributed by atoms with Gasteiger partial charge in [-0.1, -0.05) is 32.1 Å². The number of nitrogens with one attached hydrogen (secondary N) is 3. The number of rotatable bonds is 12. The molecule has 0 radical (unpaired) electrons. The summed E-state index contributed by atoms with van der Waals surface area (Å²) in [6, 6.07) is 5.76. The average Bonchev–Trinajstić information content (AvgIpc) is 3.91. The molecule has 2 aromatic heterocycles. The molecular formula is C46H61N7O9S. The molecule has 1 unspecified atom stereocenters. The zero-order valence-corrected chi connectivity index (χ0v) is 37.2. The maximum Gasteiger partial charge on any atom is 0.408 e. The number of hydrogen-bond donors (Lipinski definition) is 4. The van der Waals surface area contributed by atoms with E-state index in [1.807, 2.05) is 29.6 Å². The van der Waals surface area contributed by atoms with E-state index in [0.29, 0.717) is 91.1 Å². The summed E-state index contributed by atoms with van der Waals surface area (Å²) in [7, 11) is 0.